The highest BCUT2D eigenvalue weighted by molar-refractivity contribution is 5.85. The van der Waals surface area contributed by atoms with Gasteiger partial charge in [-0.1, -0.05) is 12.1 Å². The van der Waals surface area contributed by atoms with E-state index >= 15 is 0 Å². The highest BCUT2D eigenvalue weighted by atomic mass is 35.5. The minimum Gasteiger partial charge on any atom is -0.497 e. The summed E-state index contributed by atoms with van der Waals surface area (Å²) in [4.78, 5) is 0. The zero-order chi connectivity index (χ0) is 10.4. The SMILES string of the molecule is COc1cccc(CC(=CF)CN)c1.Cl. The zero-order valence-electron chi connectivity index (χ0n) is 8.57. The molecular weight excluding hydrogens is 217 g/mol. The van der Waals surface area contributed by atoms with Gasteiger partial charge in [-0.05, 0) is 29.7 Å². The quantitative estimate of drug-likeness (QED) is 0.864. The molecule has 0 radical (unpaired) electrons. The van der Waals surface area contributed by atoms with Gasteiger partial charge < -0.3 is 10.5 Å². The normalized spacial score (nSPS) is 10.7. The lowest BCUT2D eigenvalue weighted by Crippen LogP contribution is -2.05. The van der Waals surface area contributed by atoms with Crippen molar-refractivity contribution in [1.82, 2.24) is 0 Å². The summed E-state index contributed by atoms with van der Waals surface area (Å²) in [6.07, 6.45) is 1.10. The molecule has 0 saturated carbocycles. The molecule has 0 bridgehead atoms. The van der Waals surface area contributed by atoms with Crippen molar-refractivity contribution in [3.63, 3.8) is 0 Å². The molecule has 0 aromatic heterocycles. The third-order valence-corrected chi connectivity index (χ3v) is 1.98. The standard InChI is InChI=1S/C11H14FNO.ClH/c1-14-11-4-2-3-9(6-11)5-10(7-12)8-13;/h2-4,6-7H,5,8,13H2,1H3;1H. The number of nitrogens with two attached hydrogens (primary N) is 1. The third-order valence-electron chi connectivity index (χ3n) is 1.98. The van der Waals surface area contributed by atoms with Crippen LogP contribution in [0.2, 0.25) is 0 Å². The van der Waals surface area contributed by atoms with Crippen LogP contribution in [0.25, 0.3) is 0 Å². The van der Waals surface area contributed by atoms with Gasteiger partial charge in [0.25, 0.3) is 0 Å². The van der Waals surface area contributed by atoms with Crippen molar-refractivity contribution in [1.29, 1.82) is 0 Å². The topological polar surface area (TPSA) is 35.2 Å². The van der Waals surface area contributed by atoms with E-state index in [-0.39, 0.29) is 19.0 Å². The van der Waals surface area contributed by atoms with Crippen molar-refractivity contribution in [3.05, 3.63) is 41.7 Å². The van der Waals surface area contributed by atoms with E-state index in [1.54, 1.807) is 7.11 Å². The lowest BCUT2D eigenvalue weighted by Gasteiger charge is -2.05. The van der Waals surface area contributed by atoms with Gasteiger partial charge in [0.2, 0.25) is 0 Å². The molecule has 84 valence electrons. The fourth-order valence-electron chi connectivity index (χ4n) is 1.20. The van der Waals surface area contributed by atoms with Crippen molar-refractivity contribution in [2.75, 3.05) is 13.7 Å². The first-order valence-corrected chi connectivity index (χ1v) is 4.41. The first-order chi connectivity index (χ1) is 6.80. The summed E-state index contributed by atoms with van der Waals surface area (Å²) in [5.41, 5.74) is 6.94. The molecular formula is C11H15ClFNO. The molecule has 0 heterocycles. The molecule has 2 N–H and O–H groups in total. The summed E-state index contributed by atoms with van der Waals surface area (Å²) in [7, 11) is 1.61. The lowest BCUT2D eigenvalue weighted by molar-refractivity contribution is 0.414. The van der Waals surface area contributed by atoms with Crippen LogP contribution in [0.3, 0.4) is 0 Å². The molecule has 2 nitrogen and oxygen atoms in total. The van der Waals surface area contributed by atoms with E-state index in [1.165, 1.54) is 0 Å². The van der Waals surface area contributed by atoms with E-state index < -0.39 is 0 Å². The molecule has 0 unspecified atom stereocenters. The lowest BCUT2D eigenvalue weighted by atomic mass is 10.1. The first-order valence-electron chi connectivity index (χ1n) is 4.41. The number of ether oxygens (including phenoxy) is 1. The van der Waals surface area contributed by atoms with Crippen LogP contribution in [-0.4, -0.2) is 13.7 Å². The van der Waals surface area contributed by atoms with Crippen molar-refractivity contribution in [3.8, 4) is 5.75 Å². The summed E-state index contributed by atoms with van der Waals surface area (Å²) >= 11 is 0. The van der Waals surface area contributed by atoms with Crippen LogP contribution < -0.4 is 10.5 Å². The van der Waals surface area contributed by atoms with E-state index in [0.717, 1.165) is 11.3 Å². The molecule has 0 spiro atoms. The van der Waals surface area contributed by atoms with Gasteiger partial charge in [-0.15, -0.1) is 12.4 Å². The Morgan fingerprint density at radius 1 is 1.53 bits per heavy atom. The zero-order valence-corrected chi connectivity index (χ0v) is 9.39. The molecule has 15 heavy (non-hydrogen) atoms. The third kappa shape index (κ3) is 4.32. The Balaban J connectivity index is 0.00000196. The van der Waals surface area contributed by atoms with Crippen molar-refractivity contribution < 1.29 is 9.13 Å². The van der Waals surface area contributed by atoms with Crippen LogP contribution in [0.5, 0.6) is 5.75 Å². The van der Waals surface area contributed by atoms with Gasteiger partial charge in [0.05, 0.1) is 13.4 Å². The maximum absolute atomic E-state index is 12.3. The molecule has 0 aliphatic heterocycles. The molecule has 0 atom stereocenters. The predicted molar refractivity (Wildman–Crippen MR) is 62.2 cm³/mol. The number of hydrogen-bond donors (Lipinski definition) is 1. The van der Waals surface area contributed by atoms with Gasteiger partial charge >= 0.3 is 0 Å². The van der Waals surface area contributed by atoms with Crippen LogP contribution in [-0.2, 0) is 6.42 Å². The Morgan fingerprint density at radius 3 is 2.80 bits per heavy atom. The highest BCUT2D eigenvalue weighted by Gasteiger charge is 1.99. The van der Waals surface area contributed by atoms with E-state index in [0.29, 0.717) is 18.3 Å². The molecule has 1 aromatic rings. The number of benzene rings is 1. The molecule has 0 aliphatic carbocycles. The summed E-state index contributed by atoms with van der Waals surface area (Å²) in [6, 6.07) is 7.52. The number of methoxy groups -OCH3 is 1. The second kappa shape index (κ2) is 7.26. The van der Waals surface area contributed by atoms with Crippen LogP contribution >= 0.6 is 12.4 Å². The average Bonchev–Trinajstić information content (AvgIpc) is 2.26. The number of halogens is 2. The highest BCUT2D eigenvalue weighted by Crippen LogP contribution is 2.15. The number of hydrogen-bond acceptors (Lipinski definition) is 2. The Labute approximate surface area is 95.3 Å². The monoisotopic (exact) mass is 231 g/mol. The van der Waals surface area contributed by atoms with Gasteiger partial charge in [0.1, 0.15) is 5.75 Å². The fraction of sp³-hybridized carbons (Fsp3) is 0.273. The van der Waals surface area contributed by atoms with E-state index in [9.17, 15) is 4.39 Å². The van der Waals surface area contributed by atoms with Gasteiger partial charge in [-0.2, -0.15) is 0 Å². The van der Waals surface area contributed by atoms with Crippen LogP contribution in [0.15, 0.2) is 36.2 Å². The van der Waals surface area contributed by atoms with Gasteiger partial charge in [-0.25, -0.2) is 4.39 Å². The Kier molecular flexibility index (Phi) is 6.75. The molecule has 0 fully saturated rings. The van der Waals surface area contributed by atoms with E-state index in [4.69, 9.17) is 10.5 Å². The van der Waals surface area contributed by atoms with E-state index in [1.807, 2.05) is 24.3 Å². The molecule has 1 rings (SSSR count). The minimum atomic E-state index is 0. The molecule has 1 aromatic carbocycles. The van der Waals surface area contributed by atoms with Gasteiger partial charge in [0.15, 0.2) is 0 Å². The van der Waals surface area contributed by atoms with Crippen LogP contribution in [0.4, 0.5) is 4.39 Å². The minimum absolute atomic E-state index is 0. The molecule has 0 saturated heterocycles. The predicted octanol–water partition coefficient (Wildman–Crippen LogP) is 2.47. The smallest absolute Gasteiger partial charge is 0.119 e. The first kappa shape index (κ1) is 13.9. The van der Waals surface area contributed by atoms with Gasteiger partial charge in [0, 0.05) is 6.54 Å². The van der Waals surface area contributed by atoms with Crippen molar-refractivity contribution in [2.45, 2.75) is 6.42 Å². The Bertz CT molecular complexity index is 328. The summed E-state index contributed by atoms with van der Waals surface area (Å²) in [5.74, 6) is 0.776. The Morgan fingerprint density at radius 2 is 2.27 bits per heavy atom. The maximum Gasteiger partial charge on any atom is 0.119 e. The average molecular weight is 232 g/mol. The van der Waals surface area contributed by atoms with Crippen LogP contribution in [0, 0.1) is 0 Å². The second-order valence-electron chi connectivity index (χ2n) is 3.00. The maximum atomic E-state index is 12.3. The summed E-state index contributed by atoms with van der Waals surface area (Å²) in [6.45, 7) is 0.244. The van der Waals surface area contributed by atoms with Gasteiger partial charge in [-0.3, -0.25) is 0 Å². The van der Waals surface area contributed by atoms with E-state index in [2.05, 4.69) is 0 Å². The molecule has 0 amide bonds. The van der Waals surface area contributed by atoms with Crippen LogP contribution in [0.1, 0.15) is 5.56 Å². The number of rotatable bonds is 4. The van der Waals surface area contributed by atoms with Crippen molar-refractivity contribution in [2.24, 2.45) is 5.73 Å². The second-order valence-corrected chi connectivity index (χ2v) is 3.00. The summed E-state index contributed by atoms with van der Waals surface area (Å²) < 4.78 is 17.3. The Hall–Kier alpha value is -1.06. The summed E-state index contributed by atoms with van der Waals surface area (Å²) in [5, 5.41) is 0. The molecule has 4 heteroatoms. The van der Waals surface area contributed by atoms with Crippen molar-refractivity contribution >= 4 is 12.4 Å². The molecule has 0 aliphatic rings. The largest absolute Gasteiger partial charge is 0.497 e. The fourth-order valence-corrected chi connectivity index (χ4v) is 1.20.